The van der Waals surface area contributed by atoms with Crippen LogP contribution in [-0.2, 0) is 9.47 Å². The van der Waals surface area contributed by atoms with Crippen LogP contribution in [0, 0.1) is 50.7 Å². The van der Waals surface area contributed by atoms with Gasteiger partial charge in [-0.3, -0.25) is 0 Å². The van der Waals surface area contributed by atoms with Gasteiger partial charge in [-0.05, 0) is 58.2 Å². The molecule has 3 unspecified atom stereocenters. The van der Waals surface area contributed by atoms with Crippen molar-refractivity contribution in [2.75, 3.05) is 26.4 Å². The molecule has 2 nitrogen and oxygen atoms in total. The molecule has 2 heteroatoms. The Hall–Kier alpha value is -0.340. The summed E-state index contributed by atoms with van der Waals surface area (Å²) in [6.07, 6.45) is 3.84. The van der Waals surface area contributed by atoms with Gasteiger partial charge in [0.25, 0.3) is 0 Å². The summed E-state index contributed by atoms with van der Waals surface area (Å²) in [7, 11) is 0. The molecular weight excluding hydrogens is 488 g/mol. The number of hydrogen-bond acceptors (Lipinski definition) is 2. The molecule has 0 aromatic heterocycles. The molecule has 3 atom stereocenters. The van der Waals surface area contributed by atoms with E-state index >= 15 is 0 Å². The maximum atomic E-state index is 5.28. The van der Waals surface area contributed by atoms with Crippen LogP contribution >= 0.6 is 0 Å². The molecule has 2 aliphatic heterocycles. The van der Waals surface area contributed by atoms with Crippen LogP contribution in [0.5, 0.6) is 0 Å². The summed E-state index contributed by atoms with van der Waals surface area (Å²) in [6.45, 7) is 52.8. The van der Waals surface area contributed by atoms with E-state index in [-0.39, 0.29) is 0 Å². The third-order valence-electron chi connectivity index (χ3n) is 9.48. The SMILES string of the molecule is C=C(C)C(C)(C)C.CC(C)(C)C1CCOC1.CC(C)(C)C1COC1.CCC(C)C(C)(C)C.CCC(C)C(C)(C)C. The second-order valence-corrected chi connectivity index (χ2v) is 17.9. The lowest BCUT2D eigenvalue weighted by Gasteiger charge is -2.37. The molecule has 244 valence electrons. The average Bonchev–Trinajstić information content (AvgIpc) is 3.25. The zero-order valence-electron chi connectivity index (χ0n) is 31.8. The maximum absolute atomic E-state index is 5.28. The Morgan fingerprint density at radius 3 is 0.975 bits per heavy atom. The fourth-order valence-corrected chi connectivity index (χ4v) is 3.18. The van der Waals surface area contributed by atoms with Crippen molar-refractivity contribution in [2.45, 2.75) is 158 Å². The van der Waals surface area contributed by atoms with E-state index in [0.717, 1.165) is 50.1 Å². The Morgan fingerprint density at radius 2 is 0.925 bits per heavy atom. The first-order chi connectivity index (χ1) is 17.6. The molecule has 0 N–H and O–H groups in total. The summed E-state index contributed by atoms with van der Waals surface area (Å²) in [5.41, 5.74) is 3.49. The standard InChI is InChI=1S/C8H16O.2C8H18.C7H14O.C7H14/c1-8(2,3)7-4-5-9-6-7;2*1-6-7(2)8(3,4)5;1-7(2,3)6-4-8-5-6;1-6(2)7(3,4)5/h7H,4-6H2,1-3H3;2*7H,6H2,1-5H3;6H,4-5H2,1-3H3;1H2,2-5H3. The normalized spacial score (nSPS) is 19.6. The molecule has 2 fully saturated rings. The molecule has 0 spiro atoms. The van der Waals surface area contributed by atoms with E-state index in [9.17, 15) is 0 Å². The lowest BCUT2D eigenvalue weighted by atomic mass is 9.80. The Labute approximate surface area is 256 Å². The number of rotatable bonds is 2. The second kappa shape index (κ2) is 19.0. The minimum atomic E-state index is 0.306. The predicted molar refractivity (Wildman–Crippen MR) is 184 cm³/mol. The number of ether oxygens (including phenoxy) is 2. The van der Waals surface area contributed by atoms with Crippen molar-refractivity contribution in [1.29, 1.82) is 0 Å². The molecule has 2 heterocycles. The van der Waals surface area contributed by atoms with Crippen LogP contribution in [0.25, 0.3) is 0 Å². The van der Waals surface area contributed by atoms with Crippen LogP contribution in [0.1, 0.15) is 158 Å². The van der Waals surface area contributed by atoms with E-state index < -0.39 is 0 Å². The first kappa shape index (κ1) is 44.1. The van der Waals surface area contributed by atoms with Crippen molar-refractivity contribution in [3.8, 4) is 0 Å². The van der Waals surface area contributed by atoms with E-state index in [2.05, 4.69) is 145 Å². The van der Waals surface area contributed by atoms with E-state index in [0.29, 0.717) is 27.1 Å². The largest absolute Gasteiger partial charge is 0.381 e. The summed E-state index contributed by atoms with van der Waals surface area (Å²) >= 11 is 0. The molecule has 0 aliphatic carbocycles. The summed E-state index contributed by atoms with van der Waals surface area (Å²) < 4.78 is 10.3. The first-order valence-electron chi connectivity index (χ1n) is 16.4. The van der Waals surface area contributed by atoms with E-state index in [1.54, 1.807) is 0 Å². The van der Waals surface area contributed by atoms with Crippen LogP contribution in [0.4, 0.5) is 0 Å². The van der Waals surface area contributed by atoms with Crippen LogP contribution in [0.2, 0.25) is 0 Å². The molecule has 2 saturated heterocycles. The van der Waals surface area contributed by atoms with Gasteiger partial charge in [-0.25, -0.2) is 0 Å². The lowest BCUT2D eigenvalue weighted by Crippen LogP contribution is -2.37. The smallest absolute Gasteiger partial charge is 0.0521 e. The monoisotopic (exact) mass is 569 g/mol. The Bertz CT molecular complexity index is 574. The molecule has 2 rings (SSSR count). The van der Waals surface area contributed by atoms with Crippen molar-refractivity contribution in [3.05, 3.63) is 12.2 Å². The topological polar surface area (TPSA) is 18.5 Å². The highest BCUT2D eigenvalue weighted by Gasteiger charge is 2.30. The zero-order chi connectivity index (χ0) is 32.8. The third-order valence-corrected chi connectivity index (χ3v) is 9.48. The lowest BCUT2D eigenvalue weighted by molar-refractivity contribution is -0.0821. The van der Waals surface area contributed by atoms with Crippen molar-refractivity contribution < 1.29 is 9.47 Å². The Kier molecular flexibility index (Phi) is 21.0. The Morgan fingerprint density at radius 1 is 0.625 bits per heavy atom. The van der Waals surface area contributed by atoms with Crippen molar-refractivity contribution in [3.63, 3.8) is 0 Å². The third kappa shape index (κ3) is 23.2. The molecule has 0 aromatic carbocycles. The van der Waals surface area contributed by atoms with Gasteiger partial charge in [-0.15, -0.1) is 0 Å². The van der Waals surface area contributed by atoms with Crippen molar-refractivity contribution in [2.24, 2.45) is 50.7 Å². The van der Waals surface area contributed by atoms with E-state index in [1.807, 2.05) is 0 Å². The molecule has 40 heavy (non-hydrogen) atoms. The van der Waals surface area contributed by atoms with Gasteiger partial charge in [0, 0.05) is 19.1 Å². The maximum Gasteiger partial charge on any atom is 0.0521 e. The summed E-state index contributed by atoms with van der Waals surface area (Å²) in [5.74, 6) is 3.30. The highest BCUT2D eigenvalue weighted by Crippen LogP contribution is 2.32. The van der Waals surface area contributed by atoms with Crippen molar-refractivity contribution >= 4 is 0 Å². The van der Waals surface area contributed by atoms with E-state index in [1.165, 1.54) is 24.8 Å². The highest BCUT2D eigenvalue weighted by atomic mass is 16.5. The average molecular weight is 569 g/mol. The van der Waals surface area contributed by atoms with Crippen LogP contribution < -0.4 is 0 Å². The zero-order valence-corrected chi connectivity index (χ0v) is 31.8. The summed E-state index contributed by atoms with van der Waals surface area (Å²) in [4.78, 5) is 0. The molecule has 2 aliphatic rings. The molecular formula is C38H80O2. The fourth-order valence-electron chi connectivity index (χ4n) is 3.18. The van der Waals surface area contributed by atoms with Gasteiger partial charge in [0.2, 0.25) is 0 Å². The van der Waals surface area contributed by atoms with Crippen LogP contribution in [0.3, 0.4) is 0 Å². The van der Waals surface area contributed by atoms with Crippen LogP contribution in [-0.4, -0.2) is 26.4 Å². The minimum absolute atomic E-state index is 0.306. The second-order valence-electron chi connectivity index (χ2n) is 17.9. The van der Waals surface area contributed by atoms with Gasteiger partial charge in [-0.2, -0.15) is 0 Å². The molecule has 0 amide bonds. The van der Waals surface area contributed by atoms with Crippen LogP contribution in [0.15, 0.2) is 12.2 Å². The molecule has 0 aromatic rings. The Balaban J connectivity index is -0.000000429. The first-order valence-corrected chi connectivity index (χ1v) is 16.4. The molecule has 0 radical (unpaired) electrons. The summed E-state index contributed by atoms with van der Waals surface area (Å²) in [6, 6.07) is 0. The van der Waals surface area contributed by atoms with E-state index in [4.69, 9.17) is 9.47 Å². The van der Waals surface area contributed by atoms with Gasteiger partial charge in [0.05, 0.1) is 13.2 Å². The minimum Gasteiger partial charge on any atom is -0.381 e. The highest BCUT2D eigenvalue weighted by molar-refractivity contribution is 4.99. The molecule has 0 bridgehead atoms. The van der Waals surface area contributed by atoms with Gasteiger partial charge >= 0.3 is 0 Å². The number of allylic oxidation sites excluding steroid dienone is 1. The molecule has 0 saturated carbocycles. The number of hydrogen-bond donors (Lipinski definition) is 0. The fraction of sp³-hybridized carbons (Fsp3) is 0.947. The van der Waals surface area contributed by atoms with Gasteiger partial charge < -0.3 is 9.47 Å². The predicted octanol–water partition coefficient (Wildman–Crippen LogP) is 12.5. The van der Waals surface area contributed by atoms with Crippen molar-refractivity contribution in [1.82, 2.24) is 0 Å². The summed E-state index contributed by atoms with van der Waals surface area (Å²) in [5, 5.41) is 0. The van der Waals surface area contributed by atoms with Gasteiger partial charge in [0.1, 0.15) is 0 Å². The van der Waals surface area contributed by atoms with Gasteiger partial charge in [0.15, 0.2) is 0 Å². The quantitative estimate of drug-likeness (QED) is 0.308. The van der Waals surface area contributed by atoms with Gasteiger partial charge in [-0.1, -0.05) is 157 Å².